The Morgan fingerprint density at radius 2 is 1.94 bits per heavy atom. The molecule has 0 fully saturated rings. The highest BCUT2D eigenvalue weighted by Gasteiger charge is 2.02. The summed E-state index contributed by atoms with van der Waals surface area (Å²) in [6.45, 7) is 4.35. The van der Waals surface area contributed by atoms with Gasteiger partial charge in [0.05, 0.1) is 24.5 Å². The average molecular weight is 284 g/mol. The molecule has 16 heavy (non-hydrogen) atoms. The fourth-order valence-electron chi connectivity index (χ4n) is 1.61. The third kappa shape index (κ3) is 3.66. The quantitative estimate of drug-likeness (QED) is 0.584. The topological polar surface area (TPSA) is 50.9 Å². The molecule has 0 spiro atoms. The maximum atomic E-state index is 4.58. The predicted molar refractivity (Wildman–Crippen MR) is 67.2 cm³/mol. The first-order valence-corrected chi connectivity index (χ1v) is 6.26. The molecular formula is C11H16BrN4+. The Bertz CT molecular complexity index is 378. The van der Waals surface area contributed by atoms with Gasteiger partial charge in [0.15, 0.2) is 12.8 Å². The van der Waals surface area contributed by atoms with Crippen LogP contribution in [0.3, 0.4) is 0 Å². The molecule has 1 aliphatic heterocycles. The molecule has 0 unspecified atom stereocenters. The monoisotopic (exact) mass is 283 g/mol. The number of rotatable bonds is 0. The summed E-state index contributed by atoms with van der Waals surface area (Å²) in [4.78, 5) is 7.82. The van der Waals surface area contributed by atoms with Crippen LogP contribution in [0.5, 0.6) is 0 Å². The Morgan fingerprint density at radius 3 is 2.75 bits per heavy atom. The van der Waals surface area contributed by atoms with Gasteiger partial charge in [-0.3, -0.25) is 4.98 Å². The zero-order chi connectivity index (χ0) is 11.2. The number of nitrogens with one attached hydrogen (secondary N) is 3. The highest BCUT2D eigenvalue weighted by molar-refractivity contribution is 9.10. The van der Waals surface area contributed by atoms with Crippen LogP contribution in [0.25, 0.3) is 0 Å². The standard InChI is InChI=1S/C11H15BrN4/c12-9-5-10-7-14-3-1-13-2-4-15-8-11(6-9)16-10/h1,5-6,14-15H,2-4,7-8H2/p+1. The molecular weight excluding hydrogens is 268 g/mol. The Kier molecular flexibility index (Phi) is 4.44. The summed E-state index contributed by atoms with van der Waals surface area (Å²) in [6.07, 6.45) is 2.04. The van der Waals surface area contributed by atoms with Crippen LogP contribution in [0.4, 0.5) is 0 Å². The summed E-state index contributed by atoms with van der Waals surface area (Å²) >= 11 is 3.51. The molecule has 1 aliphatic rings. The fraction of sp³-hybridized carbons (Fsp3) is 0.455. The van der Waals surface area contributed by atoms with Gasteiger partial charge in [0.2, 0.25) is 0 Å². The first-order chi connectivity index (χ1) is 7.84. The number of aromatic nitrogens is 1. The highest BCUT2D eigenvalue weighted by atomic mass is 79.9. The van der Waals surface area contributed by atoms with Crippen molar-refractivity contribution in [1.82, 2.24) is 15.6 Å². The lowest BCUT2D eigenvalue weighted by molar-refractivity contribution is -0.450. The average Bonchev–Trinajstić information content (AvgIpc) is 2.24. The molecule has 2 rings (SSSR count). The smallest absolute Gasteiger partial charge is 0.152 e. The molecule has 86 valence electrons. The first kappa shape index (κ1) is 11.7. The van der Waals surface area contributed by atoms with Gasteiger partial charge in [0, 0.05) is 17.6 Å². The molecule has 0 amide bonds. The lowest BCUT2D eigenvalue weighted by atomic mass is 10.3. The second-order valence-corrected chi connectivity index (χ2v) is 4.65. The molecule has 4 nitrogen and oxygen atoms in total. The van der Waals surface area contributed by atoms with Crippen molar-refractivity contribution in [3.63, 3.8) is 0 Å². The van der Waals surface area contributed by atoms with Crippen molar-refractivity contribution in [3.05, 3.63) is 28.0 Å². The fourth-order valence-corrected chi connectivity index (χ4v) is 2.14. The van der Waals surface area contributed by atoms with E-state index in [9.17, 15) is 0 Å². The van der Waals surface area contributed by atoms with Crippen LogP contribution in [-0.2, 0) is 13.1 Å². The summed E-state index contributed by atoms with van der Waals surface area (Å²) < 4.78 is 1.09. The van der Waals surface area contributed by atoms with Gasteiger partial charge >= 0.3 is 0 Å². The van der Waals surface area contributed by atoms with Gasteiger partial charge in [-0.25, -0.2) is 4.99 Å². The Balaban J connectivity index is 2.12. The van der Waals surface area contributed by atoms with Crippen molar-refractivity contribution >= 4 is 22.1 Å². The van der Waals surface area contributed by atoms with E-state index in [2.05, 4.69) is 48.7 Å². The minimum atomic E-state index is 0.796. The number of hydrogen-bond acceptors (Lipinski definition) is 3. The number of pyridine rings is 1. The van der Waals surface area contributed by atoms with Crippen LogP contribution in [-0.4, -0.2) is 30.8 Å². The van der Waals surface area contributed by atoms with E-state index in [1.54, 1.807) is 0 Å². The number of hydrogen-bond donors (Lipinski definition) is 3. The van der Waals surface area contributed by atoms with E-state index in [0.717, 1.165) is 48.6 Å². The Morgan fingerprint density at radius 1 is 1.19 bits per heavy atom. The molecule has 0 aliphatic carbocycles. The maximum absolute atomic E-state index is 4.58. The van der Waals surface area contributed by atoms with Gasteiger partial charge in [-0.15, -0.1) is 0 Å². The van der Waals surface area contributed by atoms with Gasteiger partial charge < -0.3 is 10.6 Å². The zero-order valence-corrected chi connectivity index (χ0v) is 10.7. The second-order valence-electron chi connectivity index (χ2n) is 3.73. The molecule has 0 saturated carbocycles. The van der Waals surface area contributed by atoms with Crippen LogP contribution >= 0.6 is 15.9 Å². The maximum Gasteiger partial charge on any atom is 0.152 e. The van der Waals surface area contributed by atoms with Gasteiger partial charge in [0.1, 0.15) is 0 Å². The van der Waals surface area contributed by atoms with E-state index in [1.807, 2.05) is 6.21 Å². The van der Waals surface area contributed by atoms with E-state index in [4.69, 9.17) is 0 Å². The highest BCUT2D eigenvalue weighted by Crippen LogP contribution is 2.12. The summed E-state index contributed by atoms with van der Waals surface area (Å²) in [5.74, 6) is 0. The molecule has 0 radical (unpaired) electrons. The number of fused-ring (bicyclic) bond motifs is 2. The largest absolute Gasteiger partial charge is 0.305 e. The molecule has 2 heterocycles. The molecule has 5 heteroatoms. The van der Waals surface area contributed by atoms with Gasteiger partial charge in [0.25, 0.3) is 0 Å². The van der Waals surface area contributed by atoms with Gasteiger partial charge in [-0.1, -0.05) is 15.9 Å². The molecule has 3 N–H and O–H groups in total. The van der Waals surface area contributed by atoms with Crippen molar-refractivity contribution < 1.29 is 4.99 Å². The van der Waals surface area contributed by atoms with Crippen LogP contribution in [0, 0.1) is 0 Å². The predicted octanol–water partition coefficient (Wildman–Crippen LogP) is -0.812. The summed E-state index contributed by atoms with van der Waals surface area (Å²) in [6, 6.07) is 4.11. The SMILES string of the molecule is Brc1cc2nc(c1)CNCC[NH+]=CCNC2. The molecule has 0 atom stereocenters. The van der Waals surface area contributed by atoms with Crippen LogP contribution in [0.15, 0.2) is 16.6 Å². The number of halogens is 1. The van der Waals surface area contributed by atoms with Crippen molar-refractivity contribution in [2.75, 3.05) is 19.6 Å². The van der Waals surface area contributed by atoms with E-state index < -0.39 is 0 Å². The van der Waals surface area contributed by atoms with Crippen LogP contribution in [0.2, 0.25) is 0 Å². The Labute approximate surface area is 104 Å². The van der Waals surface area contributed by atoms with E-state index in [1.165, 1.54) is 0 Å². The molecule has 1 aromatic rings. The lowest BCUT2D eigenvalue weighted by Crippen LogP contribution is -2.72. The lowest BCUT2D eigenvalue weighted by Gasteiger charge is -2.07. The molecule has 2 bridgehead atoms. The van der Waals surface area contributed by atoms with E-state index >= 15 is 0 Å². The molecule has 1 aromatic heterocycles. The van der Waals surface area contributed by atoms with E-state index in [-0.39, 0.29) is 0 Å². The van der Waals surface area contributed by atoms with Crippen LogP contribution in [0.1, 0.15) is 11.4 Å². The van der Waals surface area contributed by atoms with Crippen molar-refractivity contribution in [2.45, 2.75) is 13.1 Å². The van der Waals surface area contributed by atoms with Crippen LogP contribution < -0.4 is 15.6 Å². The molecule has 0 saturated heterocycles. The third-order valence-corrected chi connectivity index (χ3v) is 2.80. The third-order valence-electron chi connectivity index (χ3n) is 2.35. The minimum absolute atomic E-state index is 0.796. The summed E-state index contributed by atoms with van der Waals surface area (Å²) in [5.41, 5.74) is 2.15. The summed E-state index contributed by atoms with van der Waals surface area (Å²) in [7, 11) is 0. The zero-order valence-electron chi connectivity index (χ0n) is 9.09. The van der Waals surface area contributed by atoms with Crippen molar-refractivity contribution in [1.29, 1.82) is 0 Å². The minimum Gasteiger partial charge on any atom is -0.305 e. The summed E-state index contributed by atoms with van der Waals surface area (Å²) in [5, 5.41) is 6.67. The van der Waals surface area contributed by atoms with Gasteiger partial charge in [-0.2, -0.15) is 0 Å². The van der Waals surface area contributed by atoms with Crippen molar-refractivity contribution in [2.24, 2.45) is 0 Å². The van der Waals surface area contributed by atoms with Crippen molar-refractivity contribution in [3.8, 4) is 0 Å². The Hall–Kier alpha value is -0.780. The second kappa shape index (κ2) is 6.08. The van der Waals surface area contributed by atoms with E-state index in [0.29, 0.717) is 0 Å². The number of nitrogens with zero attached hydrogens (tertiary/aromatic N) is 1. The van der Waals surface area contributed by atoms with Gasteiger partial charge in [-0.05, 0) is 12.1 Å². The normalized spacial score (nSPS) is 17.6. The molecule has 0 aromatic carbocycles. The first-order valence-electron chi connectivity index (χ1n) is 5.46.